The van der Waals surface area contributed by atoms with Gasteiger partial charge in [-0.1, -0.05) is 19.3 Å². The van der Waals surface area contributed by atoms with Gasteiger partial charge in [0.2, 0.25) is 0 Å². The summed E-state index contributed by atoms with van der Waals surface area (Å²) in [4.78, 5) is 21.1. The van der Waals surface area contributed by atoms with Crippen molar-refractivity contribution in [1.82, 2.24) is 35.0 Å². The highest BCUT2D eigenvalue weighted by Crippen LogP contribution is 2.33. The summed E-state index contributed by atoms with van der Waals surface area (Å²) in [5.41, 5.74) is 1.38. The van der Waals surface area contributed by atoms with E-state index in [0.29, 0.717) is 11.6 Å². The maximum atomic E-state index is 13.3. The van der Waals surface area contributed by atoms with Crippen molar-refractivity contribution >= 4 is 10.9 Å². The number of nitrogens with one attached hydrogen (secondary N) is 1. The number of hydrogen-bond donors (Lipinski definition) is 1. The second-order valence-electron chi connectivity index (χ2n) is 9.02. The molecule has 1 aliphatic carbocycles. The van der Waals surface area contributed by atoms with Gasteiger partial charge in [-0.3, -0.25) is 9.69 Å². The van der Waals surface area contributed by atoms with Gasteiger partial charge in [0.15, 0.2) is 5.82 Å². The quantitative estimate of drug-likeness (QED) is 0.655. The van der Waals surface area contributed by atoms with Crippen molar-refractivity contribution in [2.75, 3.05) is 40.3 Å². The Morgan fingerprint density at radius 1 is 1.09 bits per heavy atom. The highest BCUT2D eigenvalue weighted by molar-refractivity contribution is 5.80. The molecule has 0 bridgehead atoms. The standard InChI is InChI=1S/C23H31N7O2/c1-28-10-12-29(13-11-28)21(22-25-26-27-30(22)17-6-4-3-5-7-17)19-15-16-14-18(32-2)8-9-20(16)24-23(19)31/h8-9,14-15,17,21H,3-7,10-13H2,1-2H3,(H,24,31)/t21-/m1/s1. The maximum Gasteiger partial charge on any atom is 0.253 e. The largest absolute Gasteiger partial charge is 0.497 e. The lowest BCUT2D eigenvalue weighted by Gasteiger charge is -2.37. The topological polar surface area (TPSA) is 92.2 Å². The third-order valence-corrected chi connectivity index (χ3v) is 6.96. The fourth-order valence-corrected chi connectivity index (χ4v) is 5.08. The van der Waals surface area contributed by atoms with Gasteiger partial charge in [0.05, 0.1) is 13.2 Å². The highest BCUT2D eigenvalue weighted by atomic mass is 16.5. The van der Waals surface area contributed by atoms with Crippen molar-refractivity contribution in [3.63, 3.8) is 0 Å². The number of rotatable bonds is 5. The smallest absolute Gasteiger partial charge is 0.253 e. The molecule has 9 nitrogen and oxygen atoms in total. The molecule has 170 valence electrons. The number of likely N-dealkylation sites (N-methyl/N-ethyl adjacent to an activating group) is 1. The number of benzene rings is 1. The Hall–Kier alpha value is -2.78. The van der Waals surface area contributed by atoms with Crippen molar-refractivity contribution < 1.29 is 4.74 Å². The molecule has 1 aliphatic heterocycles. The van der Waals surface area contributed by atoms with Crippen LogP contribution >= 0.6 is 0 Å². The molecule has 2 aromatic heterocycles. The number of tetrazole rings is 1. The summed E-state index contributed by atoms with van der Waals surface area (Å²) < 4.78 is 7.40. The number of methoxy groups -OCH3 is 1. The normalized spacial score (nSPS) is 19.9. The fraction of sp³-hybridized carbons (Fsp3) is 0.565. The second-order valence-corrected chi connectivity index (χ2v) is 9.02. The molecule has 0 amide bonds. The second kappa shape index (κ2) is 8.99. The third-order valence-electron chi connectivity index (χ3n) is 6.96. The van der Waals surface area contributed by atoms with Gasteiger partial charge in [0.1, 0.15) is 11.8 Å². The summed E-state index contributed by atoms with van der Waals surface area (Å²) in [6.07, 6.45) is 5.82. The molecule has 1 atom stereocenters. The van der Waals surface area contributed by atoms with E-state index in [1.165, 1.54) is 19.3 Å². The first-order chi connectivity index (χ1) is 15.6. The Bertz CT molecular complexity index is 1130. The summed E-state index contributed by atoms with van der Waals surface area (Å²) in [6.45, 7) is 3.60. The molecule has 3 heterocycles. The zero-order chi connectivity index (χ0) is 22.1. The first-order valence-electron chi connectivity index (χ1n) is 11.6. The van der Waals surface area contributed by atoms with Crippen LogP contribution in [-0.2, 0) is 0 Å². The van der Waals surface area contributed by atoms with Gasteiger partial charge in [-0.25, -0.2) is 4.68 Å². The number of hydrogen-bond acceptors (Lipinski definition) is 7. The molecular formula is C23H31N7O2. The zero-order valence-electron chi connectivity index (χ0n) is 18.8. The van der Waals surface area contributed by atoms with Crippen LogP contribution in [-0.4, -0.2) is 75.3 Å². The van der Waals surface area contributed by atoms with E-state index in [1.54, 1.807) is 7.11 Å². The summed E-state index contributed by atoms with van der Waals surface area (Å²) in [7, 11) is 3.78. The van der Waals surface area contributed by atoms with E-state index in [9.17, 15) is 4.79 Å². The Morgan fingerprint density at radius 2 is 1.88 bits per heavy atom. The molecule has 5 rings (SSSR count). The van der Waals surface area contributed by atoms with E-state index >= 15 is 0 Å². The minimum atomic E-state index is -0.292. The number of aromatic nitrogens is 5. The first-order valence-corrected chi connectivity index (χ1v) is 11.6. The summed E-state index contributed by atoms with van der Waals surface area (Å²) in [5, 5.41) is 13.9. The van der Waals surface area contributed by atoms with Crippen molar-refractivity contribution in [3.05, 3.63) is 46.0 Å². The number of nitrogens with zero attached hydrogens (tertiary/aromatic N) is 6. The summed E-state index contributed by atoms with van der Waals surface area (Å²) >= 11 is 0. The average Bonchev–Trinajstić information content (AvgIpc) is 3.30. The predicted molar refractivity (Wildman–Crippen MR) is 122 cm³/mol. The Balaban J connectivity index is 1.62. The van der Waals surface area contributed by atoms with E-state index in [1.807, 2.05) is 28.9 Å². The van der Waals surface area contributed by atoms with Crippen LogP contribution in [0.15, 0.2) is 29.1 Å². The van der Waals surface area contributed by atoms with Gasteiger partial charge in [-0.15, -0.1) is 5.10 Å². The van der Waals surface area contributed by atoms with Crippen molar-refractivity contribution in [3.8, 4) is 5.75 Å². The predicted octanol–water partition coefficient (Wildman–Crippen LogP) is 2.37. The van der Waals surface area contributed by atoms with Gasteiger partial charge in [0.25, 0.3) is 5.56 Å². The molecule has 2 fully saturated rings. The molecule has 1 aromatic carbocycles. The van der Waals surface area contributed by atoms with Gasteiger partial charge in [0, 0.05) is 42.6 Å². The Labute approximate surface area is 187 Å². The minimum absolute atomic E-state index is 0.0928. The SMILES string of the molecule is COc1ccc2[nH]c(=O)c([C@H](c3nnnn3C3CCCCC3)N3CCN(C)CC3)cc2c1. The molecular weight excluding hydrogens is 406 g/mol. The molecule has 32 heavy (non-hydrogen) atoms. The molecule has 0 unspecified atom stereocenters. The lowest BCUT2D eigenvalue weighted by molar-refractivity contribution is 0.119. The fourth-order valence-electron chi connectivity index (χ4n) is 5.08. The van der Waals surface area contributed by atoms with Gasteiger partial charge >= 0.3 is 0 Å². The highest BCUT2D eigenvalue weighted by Gasteiger charge is 2.34. The molecule has 1 saturated heterocycles. The van der Waals surface area contributed by atoms with E-state index < -0.39 is 0 Å². The molecule has 3 aromatic rings. The lowest BCUT2D eigenvalue weighted by Crippen LogP contribution is -2.47. The van der Waals surface area contributed by atoms with Crippen molar-refractivity contribution in [1.29, 1.82) is 0 Å². The van der Waals surface area contributed by atoms with E-state index in [-0.39, 0.29) is 11.6 Å². The molecule has 9 heteroatoms. The van der Waals surface area contributed by atoms with Crippen LogP contribution in [0.1, 0.15) is 55.6 Å². The molecule has 0 radical (unpaired) electrons. The van der Waals surface area contributed by atoms with Crippen LogP contribution in [0.25, 0.3) is 10.9 Å². The molecule has 0 spiro atoms. The monoisotopic (exact) mass is 437 g/mol. The van der Waals surface area contributed by atoms with E-state index in [0.717, 1.165) is 61.5 Å². The van der Waals surface area contributed by atoms with Crippen LogP contribution in [0.3, 0.4) is 0 Å². The molecule has 1 N–H and O–H groups in total. The van der Waals surface area contributed by atoms with Crippen molar-refractivity contribution in [2.45, 2.75) is 44.2 Å². The number of ether oxygens (including phenoxy) is 1. The summed E-state index contributed by atoms with van der Waals surface area (Å²) in [6, 6.07) is 7.69. The number of aromatic amines is 1. The van der Waals surface area contributed by atoms with Gasteiger partial charge in [-0.05, 0) is 54.6 Å². The number of pyridine rings is 1. The molecule has 1 saturated carbocycles. The van der Waals surface area contributed by atoms with Crippen molar-refractivity contribution in [2.24, 2.45) is 0 Å². The van der Waals surface area contributed by atoms with Crippen LogP contribution in [0.5, 0.6) is 5.75 Å². The van der Waals surface area contributed by atoms with Gasteiger partial charge in [-0.2, -0.15) is 0 Å². The Kier molecular flexibility index (Phi) is 5.93. The van der Waals surface area contributed by atoms with E-state index in [4.69, 9.17) is 4.74 Å². The minimum Gasteiger partial charge on any atom is -0.497 e. The summed E-state index contributed by atoms with van der Waals surface area (Å²) in [5.74, 6) is 1.54. The average molecular weight is 438 g/mol. The third kappa shape index (κ3) is 4.02. The molecule has 2 aliphatic rings. The van der Waals surface area contributed by atoms with E-state index in [2.05, 4.69) is 37.4 Å². The van der Waals surface area contributed by atoms with Gasteiger partial charge < -0.3 is 14.6 Å². The van der Waals surface area contributed by atoms with Crippen LogP contribution in [0.2, 0.25) is 0 Å². The maximum absolute atomic E-state index is 13.3. The Morgan fingerprint density at radius 3 is 2.62 bits per heavy atom. The van der Waals surface area contributed by atoms with Crippen LogP contribution < -0.4 is 10.3 Å². The lowest BCUT2D eigenvalue weighted by atomic mass is 9.95. The number of piperazine rings is 1. The van der Waals surface area contributed by atoms with Crippen LogP contribution in [0, 0.1) is 0 Å². The first kappa shape index (κ1) is 21.1. The number of H-pyrrole nitrogens is 1. The number of fused-ring (bicyclic) bond motifs is 1. The van der Waals surface area contributed by atoms with Crippen LogP contribution in [0.4, 0.5) is 0 Å². The zero-order valence-corrected chi connectivity index (χ0v) is 18.8.